The Morgan fingerprint density at radius 2 is 1.73 bits per heavy atom. The zero-order chi connectivity index (χ0) is 16.0. The summed E-state index contributed by atoms with van der Waals surface area (Å²) in [5.41, 5.74) is 1.52. The van der Waals surface area contributed by atoms with Gasteiger partial charge in [-0.2, -0.15) is 0 Å². The fourth-order valence-electron chi connectivity index (χ4n) is 2.57. The molecule has 0 radical (unpaired) electrons. The number of hydrogen-bond acceptors (Lipinski definition) is 1. The molecule has 0 saturated carbocycles. The lowest BCUT2D eigenvalue weighted by Gasteiger charge is -2.17. The van der Waals surface area contributed by atoms with Crippen molar-refractivity contribution in [1.82, 2.24) is 4.90 Å². The molecule has 116 valence electrons. The Bertz CT molecular complexity index is 662. The highest BCUT2D eigenvalue weighted by molar-refractivity contribution is 5.85. The second kappa shape index (κ2) is 7.47. The van der Waals surface area contributed by atoms with Gasteiger partial charge >= 0.3 is 0 Å². The molecule has 0 atom stereocenters. The highest BCUT2D eigenvalue weighted by atomic mass is 15.1. The third kappa shape index (κ3) is 5.20. The lowest BCUT2D eigenvalue weighted by molar-refractivity contribution is 0.325. The fraction of sp³-hybridized carbons (Fsp3) is 0.429. The maximum Gasteiger partial charge on any atom is 0.0236 e. The molecule has 0 aromatic heterocycles. The standard InChI is InChI=1S/C21H27N/c1-21(2,3)15-8-5-9-16-22(4)17-19-13-10-12-18-11-6-7-14-20(18)19/h6-7,10-14H,5,9,16-17H2,1-4H3. The predicted octanol–water partition coefficient (Wildman–Crippen LogP) is 5.10. The maximum absolute atomic E-state index is 3.30. The summed E-state index contributed by atoms with van der Waals surface area (Å²) in [5, 5.41) is 2.69. The second-order valence-electron chi connectivity index (χ2n) is 7.03. The first-order chi connectivity index (χ1) is 10.5. The van der Waals surface area contributed by atoms with E-state index < -0.39 is 0 Å². The quantitative estimate of drug-likeness (QED) is 0.547. The van der Waals surface area contributed by atoms with E-state index in [0.29, 0.717) is 0 Å². The lowest BCUT2D eigenvalue weighted by atomic mass is 9.98. The van der Waals surface area contributed by atoms with E-state index in [0.717, 1.165) is 25.9 Å². The van der Waals surface area contributed by atoms with Crippen LogP contribution in [0.5, 0.6) is 0 Å². The number of unbranched alkanes of at least 4 members (excludes halogenated alkanes) is 1. The van der Waals surface area contributed by atoms with Crippen LogP contribution in [0.25, 0.3) is 10.8 Å². The average Bonchev–Trinajstić information content (AvgIpc) is 2.46. The molecule has 0 N–H and O–H groups in total. The van der Waals surface area contributed by atoms with Gasteiger partial charge < -0.3 is 4.90 Å². The van der Waals surface area contributed by atoms with Gasteiger partial charge in [-0.05, 0) is 57.1 Å². The number of benzene rings is 2. The summed E-state index contributed by atoms with van der Waals surface area (Å²) in [6, 6.07) is 15.2. The maximum atomic E-state index is 3.30. The van der Waals surface area contributed by atoms with Gasteiger partial charge in [0.15, 0.2) is 0 Å². The van der Waals surface area contributed by atoms with Crippen LogP contribution in [0.2, 0.25) is 0 Å². The normalized spacial score (nSPS) is 11.5. The monoisotopic (exact) mass is 293 g/mol. The Kier molecular flexibility index (Phi) is 5.63. The number of fused-ring (bicyclic) bond motifs is 1. The molecule has 0 unspecified atom stereocenters. The molecule has 2 aromatic carbocycles. The van der Waals surface area contributed by atoms with Crippen LogP contribution < -0.4 is 0 Å². The molecule has 0 heterocycles. The third-order valence-corrected chi connectivity index (χ3v) is 3.63. The van der Waals surface area contributed by atoms with Crippen LogP contribution in [0.3, 0.4) is 0 Å². The van der Waals surface area contributed by atoms with Crippen molar-refractivity contribution in [3.05, 3.63) is 48.0 Å². The molecule has 0 bridgehead atoms. The van der Waals surface area contributed by atoms with Crippen LogP contribution in [0.15, 0.2) is 42.5 Å². The Morgan fingerprint density at radius 1 is 1.00 bits per heavy atom. The van der Waals surface area contributed by atoms with Crippen molar-refractivity contribution in [2.24, 2.45) is 5.41 Å². The fourth-order valence-corrected chi connectivity index (χ4v) is 2.57. The van der Waals surface area contributed by atoms with E-state index in [2.05, 4.69) is 87.0 Å². The van der Waals surface area contributed by atoms with Crippen molar-refractivity contribution in [3.63, 3.8) is 0 Å². The molecule has 0 amide bonds. The Morgan fingerprint density at radius 3 is 2.50 bits per heavy atom. The largest absolute Gasteiger partial charge is 0.302 e. The van der Waals surface area contributed by atoms with Gasteiger partial charge in [0.05, 0.1) is 0 Å². The lowest BCUT2D eigenvalue weighted by Crippen LogP contribution is -2.19. The zero-order valence-corrected chi connectivity index (χ0v) is 14.3. The topological polar surface area (TPSA) is 3.24 Å². The van der Waals surface area contributed by atoms with Crippen molar-refractivity contribution >= 4 is 10.8 Å². The van der Waals surface area contributed by atoms with Crippen LogP contribution in [0.1, 0.15) is 39.2 Å². The van der Waals surface area contributed by atoms with Gasteiger partial charge in [0.25, 0.3) is 0 Å². The molecular formula is C21H27N. The van der Waals surface area contributed by atoms with Gasteiger partial charge in [-0.1, -0.05) is 48.4 Å². The van der Waals surface area contributed by atoms with E-state index >= 15 is 0 Å². The molecule has 0 aliphatic heterocycles. The summed E-state index contributed by atoms with van der Waals surface area (Å²) in [7, 11) is 2.19. The van der Waals surface area contributed by atoms with Gasteiger partial charge in [0.2, 0.25) is 0 Å². The number of hydrogen-bond donors (Lipinski definition) is 0. The van der Waals surface area contributed by atoms with Crippen molar-refractivity contribution in [2.75, 3.05) is 13.6 Å². The minimum absolute atomic E-state index is 0.120. The molecular weight excluding hydrogens is 266 g/mol. The van der Waals surface area contributed by atoms with Gasteiger partial charge in [-0.25, -0.2) is 0 Å². The summed E-state index contributed by atoms with van der Waals surface area (Å²) in [6.45, 7) is 8.56. The van der Waals surface area contributed by atoms with Crippen LogP contribution in [-0.4, -0.2) is 18.5 Å². The zero-order valence-electron chi connectivity index (χ0n) is 14.3. The first-order valence-electron chi connectivity index (χ1n) is 8.11. The summed E-state index contributed by atoms with van der Waals surface area (Å²) in [5.74, 6) is 6.60. The highest BCUT2D eigenvalue weighted by Gasteiger charge is 2.05. The summed E-state index contributed by atoms with van der Waals surface area (Å²) in [6.07, 6.45) is 2.11. The Hall–Kier alpha value is -1.78. The van der Waals surface area contributed by atoms with Crippen molar-refractivity contribution in [3.8, 4) is 11.8 Å². The van der Waals surface area contributed by atoms with Gasteiger partial charge in [-0.15, -0.1) is 5.92 Å². The van der Waals surface area contributed by atoms with Crippen molar-refractivity contribution in [1.29, 1.82) is 0 Å². The van der Waals surface area contributed by atoms with E-state index in [-0.39, 0.29) is 5.41 Å². The molecule has 22 heavy (non-hydrogen) atoms. The molecule has 0 saturated heterocycles. The Balaban J connectivity index is 1.88. The first kappa shape index (κ1) is 16.6. The van der Waals surface area contributed by atoms with E-state index in [1.54, 1.807) is 0 Å². The average molecular weight is 293 g/mol. The summed E-state index contributed by atoms with van der Waals surface area (Å²) in [4.78, 5) is 2.39. The minimum atomic E-state index is 0.120. The van der Waals surface area contributed by atoms with E-state index in [1.165, 1.54) is 16.3 Å². The van der Waals surface area contributed by atoms with Crippen LogP contribution in [-0.2, 0) is 6.54 Å². The first-order valence-corrected chi connectivity index (χ1v) is 8.11. The molecule has 1 heteroatoms. The van der Waals surface area contributed by atoms with Crippen molar-refractivity contribution in [2.45, 2.75) is 40.2 Å². The van der Waals surface area contributed by atoms with Gasteiger partial charge in [0, 0.05) is 18.4 Å². The summed E-state index contributed by atoms with van der Waals surface area (Å²) < 4.78 is 0. The summed E-state index contributed by atoms with van der Waals surface area (Å²) >= 11 is 0. The smallest absolute Gasteiger partial charge is 0.0236 e. The predicted molar refractivity (Wildman–Crippen MR) is 96.7 cm³/mol. The molecule has 2 aromatic rings. The number of nitrogens with zero attached hydrogens (tertiary/aromatic N) is 1. The molecule has 0 spiro atoms. The van der Waals surface area contributed by atoms with Crippen LogP contribution in [0, 0.1) is 17.3 Å². The molecule has 1 nitrogen and oxygen atoms in total. The highest BCUT2D eigenvalue weighted by Crippen LogP contribution is 2.19. The SMILES string of the molecule is CN(CCCC#CC(C)(C)C)Cc1cccc2ccccc12. The minimum Gasteiger partial charge on any atom is -0.302 e. The molecule has 0 fully saturated rings. The molecule has 2 rings (SSSR count). The number of rotatable bonds is 5. The van der Waals surface area contributed by atoms with E-state index in [1.807, 2.05) is 0 Å². The van der Waals surface area contributed by atoms with Gasteiger partial charge in [0.1, 0.15) is 0 Å². The van der Waals surface area contributed by atoms with E-state index in [4.69, 9.17) is 0 Å². The van der Waals surface area contributed by atoms with E-state index in [9.17, 15) is 0 Å². The van der Waals surface area contributed by atoms with Crippen LogP contribution >= 0.6 is 0 Å². The van der Waals surface area contributed by atoms with Crippen LogP contribution in [0.4, 0.5) is 0 Å². The van der Waals surface area contributed by atoms with Crippen molar-refractivity contribution < 1.29 is 0 Å². The second-order valence-corrected chi connectivity index (χ2v) is 7.03. The molecule has 0 aliphatic carbocycles. The molecule has 0 aliphatic rings. The third-order valence-electron chi connectivity index (χ3n) is 3.63. The van der Waals surface area contributed by atoms with Gasteiger partial charge in [-0.3, -0.25) is 0 Å². The Labute approximate surface area is 135 Å².